The van der Waals surface area contributed by atoms with E-state index in [0.717, 1.165) is 12.1 Å². The average molecular weight is 334 g/mol. The minimum Gasteiger partial charge on any atom is -0.321 e. The van der Waals surface area contributed by atoms with Gasteiger partial charge in [-0.3, -0.25) is 4.79 Å². The number of aromatic nitrogens is 5. The molecule has 2 aromatic heterocycles. The van der Waals surface area contributed by atoms with Crippen LogP contribution in [0.2, 0.25) is 0 Å². The van der Waals surface area contributed by atoms with Gasteiger partial charge in [0.05, 0.1) is 5.56 Å². The zero-order valence-corrected chi connectivity index (χ0v) is 11.9. The maximum atomic E-state index is 12.7. The SMILES string of the molecule is O=C(Nc1cccc(C(F)(F)F)c1)c1ccc(-n2cncn2)nn1. The van der Waals surface area contributed by atoms with Gasteiger partial charge in [-0.15, -0.1) is 10.2 Å². The Labute approximate surface area is 133 Å². The average Bonchev–Trinajstić information content (AvgIpc) is 3.09. The normalized spacial score (nSPS) is 11.3. The van der Waals surface area contributed by atoms with Crippen molar-refractivity contribution in [3.63, 3.8) is 0 Å². The highest BCUT2D eigenvalue weighted by Gasteiger charge is 2.30. The van der Waals surface area contributed by atoms with E-state index in [9.17, 15) is 18.0 Å². The van der Waals surface area contributed by atoms with E-state index in [-0.39, 0.29) is 11.4 Å². The second kappa shape index (κ2) is 6.07. The third-order valence-corrected chi connectivity index (χ3v) is 2.98. The van der Waals surface area contributed by atoms with E-state index in [1.807, 2.05) is 0 Å². The van der Waals surface area contributed by atoms with Gasteiger partial charge in [0.2, 0.25) is 0 Å². The Morgan fingerprint density at radius 3 is 2.58 bits per heavy atom. The quantitative estimate of drug-likeness (QED) is 0.794. The van der Waals surface area contributed by atoms with Gasteiger partial charge >= 0.3 is 6.18 Å². The molecular weight excluding hydrogens is 325 g/mol. The molecule has 2 heterocycles. The Morgan fingerprint density at radius 2 is 1.96 bits per heavy atom. The van der Waals surface area contributed by atoms with Crippen LogP contribution in [0.25, 0.3) is 5.82 Å². The molecule has 3 aromatic rings. The van der Waals surface area contributed by atoms with E-state index in [1.165, 1.54) is 41.6 Å². The van der Waals surface area contributed by atoms with Crippen molar-refractivity contribution in [2.45, 2.75) is 6.18 Å². The van der Waals surface area contributed by atoms with Gasteiger partial charge < -0.3 is 5.32 Å². The second-order valence-electron chi connectivity index (χ2n) is 4.65. The number of hydrogen-bond acceptors (Lipinski definition) is 5. The molecule has 0 aliphatic carbocycles. The van der Waals surface area contributed by atoms with Crippen molar-refractivity contribution in [2.75, 3.05) is 5.32 Å². The molecule has 10 heteroatoms. The summed E-state index contributed by atoms with van der Waals surface area (Å²) in [5.74, 6) is -0.324. The smallest absolute Gasteiger partial charge is 0.321 e. The van der Waals surface area contributed by atoms with Crippen molar-refractivity contribution in [1.82, 2.24) is 25.0 Å². The van der Waals surface area contributed by atoms with Gasteiger partial charge in [0, 0.05) is 5.69 Å². The van der Waals surface area contributed by atoms with Crippen molar-refractivity contribution in [3.8, 4) is 5.82 Å². The third kappa shape index (κ3) is 3.37. The minimum atomic E-state index is -4.49. The van der Waals surface area contributed by atoms with Crippen LogP contribution in [0.1, 0.15) is 16.1 Å². The van der Waals surface area contributed by atoms with Crippen LogP contribution in [-0.2, 0) is 6.18 Å². The van der Waals surface area contributed by atoms with E-state index < -0.39 is 17.6 Å². The zero-order valence-electron chi connectivity index (χ0n) is 11.9. The number of anilines is 1. The van der Waals surface area contributed by atoms with E-state index in [2.05, 4.69) is 25.6 Å². The number of carbonyl (C=O) groups is 1. The first-order valence-electron chi connectivity index (χ1n) is 6.61. The summed E-state index contributed by atoms with van der Waals surface area (Å²) in [6.45, 7) is 0. The highest BCUT2D eigenvalue weighted by atomic mass is 19.4. The number of carbonyl (C=O) groups excluding carboxylic acids is 1. The first kappa shape index (κ1) is 15.6. The molecule has 3 rings (SSSR count). The summed E-state index contributed by atoms with van der Waals surface area (Å²) in [7, 11) is 0. The van der Waals surface area contributed by atoms with Crippen LogP contribution in [0.15, 0.2) is 49.1 Å². The van der Waals surface area contributed by atoms with Gasteiger partial charge in [0.25, 0.3) is 5.91 Å². The van der Waals surface area contributed by atoms with Crippen molar-refractivity contribution in [1.29, 1.82) is 0 Å². The van der Waals surface area contributed by atoms with Crippen LogP contribution in [-0.4, -0.2) is 30.9 Å². The van der Waals surface area contributed by atoms with Crippen LogP contribution < -0.4 is 5.32 Å². The Balaban J connectivity index is 1.76. The Bertz CT molecular complexity index is 846. The Morgan fingerprint density at radius 1 is 1.12 bits per heavy atom. The topological polar surface area (TPSA) is 85.6 Å². The lowest BCUT2D eigenvalue weighted by Crippen LogP contribution is -2.15. The van der Waals surface area contributed by atoms with Crippen molar-refractivity contribution in [3.05, 3.63) is 60.3 Å². The molecule has 0 radical (unpaired) electrons. The minimum absolute atomic E-state index is 0.0111. The highest BCUT2D eigenvalue weighted by molar-refractivity contribution is 6.02. The van der Waals surface area contributed by atoms with Crippen LogP contribution in [0.5, 0.6) is 0 Å². The first-order valence-corrected chi connectivity index (χ1v) is 6.61. The van der Waals surface area contributed by atoms with Crippen LogP contribution in [0.3, 0.4) is 0 Å². The van der Waals surface area contributed by atoms with E-state index in [0.29, 0.717) is 5.82 Å². The molecule has 0 aliphatic rings. The molecule has 0 aliphatic heterocycles. The lowest BCUT2D eigenvalue weighted by molar-refractivity contribution is -0.137. The van der Waals surface area contributed by atoms with Gasteiger partial charge in [-0.1, -0.05) is 6.07 Å². The number of amides is 1. The number of nitrogens with zero attached hydrogens (tertiary/aromatic N) is 5. The zero-order chi connectivity index (χ0) is 17.2. The van der Waals surface area contributed by atoms with Gasteiger partial charge in [0.1, 0.15) is 12.7 Å². The molecule has 24 heavy (non-hydrogen) atoms. The fourth-order valence-electron chi connectivity index (χ4n) is 1.86. The van der Waals surface area contributed by atoms with Crippen molar-refractivity contribution < 1.29 is 18.0 Å². The summed E-state index contributed by atoms with van der Waals surface area (Å²) >= 11 is 0. The Kier molecular flexibility index (Phi) is 3.94. The van der Waals surface area contributed by atoms with Gasteiger partial charge in [-0.05, 0) is 30.3 Å². The number of rotatable bonds is 3. The summed E-state index contributed by atoms with van der Waals surface area (Å²) in [6, 6.07) is 7.19. The number of hydrogen-bond donors (Lipinski definition) is 1. The van der Waals surface area contributed by atoms with Crippen molar-refractivity contribution >= 4 is 11.6 Å². The molecule has 0 saturated heterocycles. The standard InChI is InChI=1S/C14H9F3N6O/c15-14(16,17)9-2-1-3-10(6-9)20-13(24)11-4-5-12(22-21-11)23-8-18-7-19-23/h1-8H,(H,20,24). The molecular formula is C14H9F3N6O. The first-order chi connectivity index (χ1) is 11.4. The van der Waals surface area contributed by atoms with Crippen LogP contribution in [0.4, 0.5) is 18.9 Å². The predicted octanol–water partition coefficient (Wildman–Crippen LogP) is 2.33. The molecule has 7 nitrogen and oxygen atoms in total. The molecule has 1 N–H and O–H groups in total. The lowest BCUT2D eigenvalue weighted by Gasteiger charge is -2.09. The number of alkyl halides is 3. The maximum Gasteiger partial charge on any atom is 0.416 e. The van der Waals surface area contributed by atoms with Gasteiger partial charge in [-0.25, -0.2) is 9.67 Å². The summed E-state index contributed by atoms with van der Waals surface area (Å²) < 4.78 is 39.3. The molecule has 0 unspecified atom stereocenters. The van der Waals surface area contributed by atoms with E-state index in [1.54, 1.807) is 0 Å². The molecule has 0 atom stereocenters. The monoisotopic (exact) mass is 334 g/mol. The van der Waals surface area contributed by atoms with Crippen LogP contribution in [0, 0.1) is 0 Å². The van der Waals surface area contributed by atoms with Crippen LogP contribution >= 0.6 is 0 Å². The van der Waals surface area contributed by atoms with Crippen molar-refractivity contribution in [2.24, 2.45) is 0 Å². The molecule has 1 aromatic carbocycles. The fourth-order valence-corrected chi connectivity index (χ4v) is 1.86. The van der Waals surface area contributed by atoms with E-state index >= 15 is 0 Å². The van der Waals surface area contributed by atoms with E-state index in [4.69, 9.17) is 0 Å². The third-order valence-electron chi connectivity index (χ3n) is 2.98. The fraction of sp³-hybridized carbons (Fsp3) is 0.0714. The lowest BCUT2D eigenvalue weighted by atomic mass is 10.2. The molecule has 0 fully saturated rings. The highest BCUT2D eigenvalue weighted by Crippen LogP contribution is 2.30. The number of benzene rings is 1. The largest absolute Gasteiger partial charge is 0.416 e. The summed E-state index contributed by atoms with van der Waals surface area (Å²) in [6.07, 6.45) is -1.76. The van der Waals surface area contributed by atoms with Gasteiger partial charge in [-0.2, -0.15) is 18.3 Å². The predicted molar refractivity (Wildman–Crippen MR) is 76.3 cm³/mol. The maximum absolute atomic E-state index is 12.7. The second-order valence-corrected chi connectivity index (χ2v) is 4.65. The molecule has 122 valence electrons. The number of halogens is 3. The van der Waals surface area contributed by atoms with Gasteiger partial charge in [0.15, 0.2) is 11.5 Å². The summed E-state index contributed by atoms with van der Waals surface area (Å²) in [4.78, 5) is 15.8. The number of nitrogens with one attached hydrogen (secondary N) is 1. The Hall–Kier alpha value is -3.30. The molecule has 0 spiro atoms. The molecule has 0 bridgehead atoms. The molecule has 0 saturated carbocycles. The summed E-state index contributed by atoms with van der Waals surface area (Å²) in [5.41, 5.74) is -0.888. The summed E-state index contributed by atoms with van der Waals surface area (Å²) in [5, 5.41) is 13.7. The molecule has 1 amide bonds.